The molecule has 0 amide bonds. The van der Waals surface area contributed by atoms with Crippen molar-refractivity contribution in [3.05, 3.63) is 12.2 Å². The molecule has 0 bridgehead atoms. The smallest absolute Gasteiger partial charge is 0.333 e. The van der Waals surface area contributed by atoms with E-state index >= 15 is 0 Å². The van der Waals surface area contributed by atoms with Crippen LogP contribution in [0.4, 0.5) is 0 Å². The minimum atomic E-state index is -1.93. The molecule has 0 aromatic heterocycles. The van der Waals surface area contributed by atoms with Crippen molar-refractivity contribution >= 4 is 5.97 Å². The van der Waals surface area contributed by atoms with Gasteiger partial charge in [0.1, 0.15) is 6.61 Å². The Bertz CT molecular complexity index is 195. The Balaban J connectivity index is 3.47. The Morgan fingerprint density at radius 1 is 1.62 bits per heavy atom. The summed E-state index contributed by atoms with van der Waals surface area (Å²) in [6.07, 6.45) is 0. The number of carbonyl (C=O) groups is 1. The van der Waals surface area contributed by atoms with Gasteiger partial charge in [0.15, 0.2) is 0 Å². The number of nitrogens with one attached hydrogen (secondary N) is 1. The van der Waals surface area contributed by atoms with E-state index in [9.17, 15) is 4.79 Å². The van der Waals surface area contributed by atoms with E-state index in [-0.39, 0.29) is 13.2 Å². The Hall–Kier alpha value is -0.910. The maximum atomic E-state index is 10.8. The lowest BCUT2D eigenvalue weighted by Gasteiger charge is -2.17. The minimum absolute atomic E-state index is 0.0718. The summed E-state index contributed by atoms with van der Waals surface area (Å²) in [5.41, 5.74) is 0.316. The Kier molecular flexibility index (Phi) is 4.61. The molecule has 5 nitrogen and oxygen atoms in total. The highest BCUT2D eigenvalue weighted by Crippen LogP contribution is 1.92. The van der Waals surface area contributed by atoms with Crippen LogP contribution in [0.1, 0.15) is 13.8 Å². The van der Waals surface area contributed by atoms with Gasteiger partial charge in [-0.2, -0.15) is 0 Å². The first-order chi connectivity index (χ1) is 5.83. The first kappa shape index (κ1) is 12.1. The summed E-state index contributed by atoms with van der Waals surface area (Å²) in [4.78, 5) is 10.8. The van der Waals surface area contributed by atoms with E-state index in [1.54, 1.807) is 0 Å². The fourth-order valence-corrected chi connectivity index (χ4v) is 0.555. The van der Waals surface area contributed by atoms with Crippen LogP contribution in [0.15, 0.2) is 12.2 Å². The van der Waals surface area contributed by atoms with Gasteiger partial charge in [0.2, 0.25) is 5.91 Å². The molecule has 5 heteroatoms. The average Bonchev–Trinajstić information content (AvgIpc) is 1.95. The van der Waals surface area contributed by atoms with Crippen molar-refractivity contribution in [2.24, 2.45) is 0 Å². The number of hydrogen-bond acceptors (Lipinski definition) is 5. The molecule has 0 aromatic carbocycles. The number of esters is 1. The molecule has 0 atom stereocenters. The number of hydrogen-bond donors (Lipinski definition) is 3. The first-order valence-electron chi connectivity index (χ1n) is 3.85. The second-order valence-corrected chi connectivity index (χ2v) is 2.86. The second-order valence-electron chi connectivity index (χ2n) is 2.86. The molecule has 0 fully saturated rings. The summed E-state index contributed by atoms with van der Waals surface area (Å²) in [7, 11) is 0. The van der Waals surface area contributed by atoms with Gasteiger partial charge in [0, 0.05) is 19.0 Å². The van der Waals surface area contributed by atoms with Gasteiger partial charge < -0.3 is 14.9 Å². The molecule has 0 saturated heterocycles. The number of ether oxygens (including phenoxy) is 1. The number of aliphatic hydroxyl groups is 2. The highest BCUT2D eigenvalue weighted by atomic mass is 16.5. The van der Waals surface area contributed by atoms with Gasteiger partial charge in [0.25, 0.3) is 0 Å². The second kappa shape index (κ2) is 4.96. The Morgan fingerprint density at radius 2 is 2.15 bits per heavy atom. The van der Waals surface area contributed by atoms with Crippen LogP contribution in [0.5, 0.6) is 0 Å². The summed E-state index contributed by atoms with van der Waals surface area (Å²) in [6, 6.07) is 0. The molecule has 0 radical (unpaired) electrons. The molecule has 0 aliphatic rings. The van der Waals surface area contributed by atoms with Gasteiger partial charge >= 0.3 is 5.97 Å². The van der Waals surface area contributed by atoms with Crippen LogP contribution in [0, 0.1) is 0 Å². The van der Waals surface area contributed by atoms with E-state index in [2.05, 4.69) is 16.6 Å². The molecule has 0 unspecified atom stereocenters. The van der Waals surface area contributed by atoms with Crippen molar-refractivity contribution in [3.8, 4) is 0 Å². The van der Waals surface area contributed by atoms with Crippen LogP contribution >= 0.6 is 0 Å². The monoisotopic (exact) mass is 189 g/mol. The molecule has 0 aliphatic carbocycles. The van der Waals surface area contributed by atoms with Crippen molar-refractivity contribution in [3.63, 3.8) is 0 Å². The van der Waals surface area contributed by atoms with E-state index in [1.807, 2.05) is 0 Å². The normalized spacial score (nSPS) is 11.1. The molecule has 0 heterocycles. The van der Waals surface area contributed by atoms with Crippen LogP contribution in [-0.2, 0) is 9.53 Å². The molecule has 13 heavy (non-hydrogen) atoms. The van der Waals surface area contributed by atoms with Gasteiger partial charge in [-0.1, -0.05) is 6.58 Å². The lowest BCUT2D eigenvalue weighted by Crippen LogP contribution is -2.43. The lowest BCUT2D eigenvalue weighted by atomic mass is 10.4. The number of rotatable bonds is 5. The molecule has 0 spiro atoms. The molecule has 0 aliphatic heterocycles. The van der Waals surface area contributed by atoms with Crippen molar-refractivity contribution in [2.45, 2.75) is 19.8 Å². The predicted molar refractivity (Wildman–Crippen MR) is 46.6 cm³/mol. The molecule has 76 valence electrons. The molecule has 0 rings (SSSR count). The van der Waals surface area contributed by atoms with Crippen LogP contribution in [0.25, 0.3) is 0 Å². The van der Waals surface area contributed by atoms with Gasteiger partial charge in [0.05, 0.1) is 0 Å². The summed E-state index contributed by atoms with van der Waals surface area (Å²) in [5, 5.41) is 19.9. The third kappa shape index (κ3) is 7.45. The average molecular weight is 189 g/mol. The molecular formula is C8H15NO4. The van der Waals surface area contributed by atoms with Crippen LogP contribution in [-0.4, -0.2) is 35.2 Å². The maximum absolute atomic E-state index is 10.8. The van der Waals surface area contributed by atoms with E-state index < -0.39 is 11.9 Å². The van der Waals surface area contributed by atoms with Crippen molar-refractivity contribution < 1.29 is 19.7 Å². The molecule has 0 saturated carbocycles. The minimum Gasteiger partial charge on any atom is -0.461 e. The maximum Gasteiger partial charge on any atom is 0.333 e. The van der Waals surface area contributed by atoms with Crippen LogP contribution in [0.2, 0.25) is 0 Å². The van der Waals surface area contributed by atoms with Crippen LogP contribution < -0.4 is 5.32 Å². The Morgan fingerprint density at radius 3 is 2.54 bits per heavy atom. The summed E-state index contributed by atoms with van der Waals surface area (Å²) >= 11 is 0. The highest BCUT2D eigenvalue weighted by molar-refractivity contribution is 5.86. The highest BCUT2D eigenvalue weighted by Gasteiger charge is 2.12. The van der Waals surface area contributed by atoms with E-state index in [1.165, 1.54) is 13.8 Å². The first-order valence-corrected chi connectivity index (χ1v) is 3.85. The Labute approximate surface area is 77.0 Å². The SMILES string of the molecule is C=C(C)C(=O)OCCNC(C)(O)O. The third-order valence-corrected chi connectivity index (χ3v) is 1.14. The van der Waals surface area contributed by atoms with Crippen molar-refractivity contribution in [1.29, 1.82) is 0 Å². The zero-order valence-corrected chi connectivity index (χ0v) is 7.83. The van der Waals surface area contributed by atoms with E-state index in [4.69, 9.17) is 10.2 Å². The van der Waals surface area contributed by atoms with Crippen LogP contribution in [0.3, 0.4) is 0 Å². The topological polar surface area (TPSA) is 78.8 Å². The molecule has 3 N–H and O–H groups in total. The largest absolute Gasteiger partial charge is 0.461 e. The van der Waals surface area contributed by atoms with Crippen molar-refractivity contribution in [2.75, 3.05) is 13.2 Å². The summed E-state index contributed by atoms with van der Waals surface area (Å²) < 4.78 is 4.68. The summed E-state index contributed by atoms with van der Waals surface area (Å²) in [5.74, 6) is -2.42. The van der Waals surface area contributed by atoms with E-state index in [0.717, 1.165) is 0 Å². The van der Waals surface area contributed by atoms with Gasteiger partial charge in [-0.15, -0.1) is 0 Å². The van der Waals surface area contributed by atoms with Crippen molar-refractivity contribution in [1.82, 2.24) is 5.32 Å². The van der Waals surface area contributed by atoms with Gasteiger partial charge in [-0.05, 0) is 6.92 Å². The van der Waals surface area contributed by atoms with Gasteiger partial charge in [-0.25, -0.2) is 4.79 Å². The quantitative estimate of drug-likeness (QED) is 0.232. The zero-order chi connectivity index (χ0) is 10.5. The third-order valence-electron chi connectivity index (χ3n) is 1.14. The summed E-state index contributed by atoms with van der Waals surface area (Å²) in [6.45, 7) is 6.34. The molecule has 0 aromatic rings. The fraction of sp³-hybridized carbons (Fsp3) is 0.625. The van der Waals surface area contributed by atoms with Gasteiger partial charge in [-0.3, -0.25) is 5.32 Å². The zero-order valence-electron chi connectivity index (χ0n) is 7.83. The lowest BCUT2D eigenvalue weighted by molar-refractivity contribution is -0.172. The standard InChI is InChI=1S/C8H15NO4/c1-6(2)7(10)13-5-4-9-8(3,11)12/h9,11-12H,1,4-5H2,2-3H3. The predicted octanol–water partition coefficient (Wildman–Crippen LogP) is -0.646. The number of carbonyl (C=O) groups excluding carboxylic acids is 1. The molecular weight excluding hydrogens is 174 g/mol. The van der Waals surface area contributed by atoms with E-state index in [0.29, 0.717) is 5.57 Å². The fourth-order valence-electron chi connectivity index (χ4n) is 0.555.